The zero-order valence-electron chi connectivity index (χ0n) is 20.1. The number of hydrogen-bond donors (Lipinski definition) is 0. The van der Waals surface area contributed by atoms with Crippen molar-refractivity contribution in [1.29, 1.82) is 0 Å². The van der Waals surface area contributed by atoms with Crippen molar-refractivity contribution < 1.29 is 9.47 Å². The number of unbranched alkanes of at least 4 members (excludes halogenated alkanes) is 1. The van der Waals surface area contributed by atoms with Crippen LogP contribution in [0, 0.1) is 0 Å². The molecular formula is C27H23Br4N3O3. The van der Waals surface area contributed by atoms with E-state index < -0.39 is 0 Å². The van der Waals surface area contributed by atoms with Crippen LogP contribution in [0.5, 0.6) is 11.5 Å². The minimum Gasteiger partial charge on any atom is -0.493 e. The Bertz CT molecular complexity index is 1540. The van der Waals surface area contributed by atoms with Crippen LogP contribution >= 0.6 is 63.7 Å². The molecule has 0 aliphatic rings. The maximum Gasteiger partial charge on any atom is 0.282 e. The summed E-state index contributed by atoms with van der Waals surface area (Å²) in [5, 5.41) is 5.10. The predicted octanol–water partition coefficient (Wildman–Crippen LogP) is 8.26. The molecule has 0 unspecified atom stereocenters. The first-order chi connectivity index (χ1) is 17.8. The molecule has 0 N–H and O–H groups in total. The average molecular weight is 757 g/mol. The van der Waals surface area contributed by atoms with Crippen molar-refractivity contribution in [3.05, 3.63) is 93.7 Å². The second kappa shape index (κ2) is 12.7. The highest BCUT2D eigenvalue weighted by atomic mass is 79.9. The van der Waals surface area contributed by atoms with Crippen molar-refractivity contribution >= 4 is 80.8 Å². The van der Waals surface area contributed by atoms with E-state index in [-0.39, 0.29) is 5.56 Å². The van der Waals surface area contributed by atoms with Crippen molar-refractivity contribution in [3.8, 4) is 11.5 Å². The summed E-state index contributed by atoms with van der Waals surface area (Å²) < 4.78 is 16.7. The zero-order chi connectivity index (χ0) is 26.5. The highest BCUT2D eigenvalue weighted by Crippen LogP contribution is 2.35. The van der Waals surface area contributed by atoms with E-state index in [1.165, 1.54) is 4.68 Å². The summed E-state index contributed by atoms with van der Waals surface area (Å²) in [7, 11) is 1.59. The van der Waals surface area contributed by atoms with E-state index in [2.05, 4.69) is 75.7 Å². The van der Waals surface area contributed by atoms with Crippen LogP contribution < -0.4 is 15.0 Å². The third-order valence-corrected chi connectivity index (χ3v) is 7.78. The lowest BCUT2D eigenvalue weighted by Crippen LogP contribution is -2.22. The van der Waals surface area contributed by atoms with Gasteiger partial charge < -0.3 is 9.47 Å². The fraction of sp³-hybridized carbons (Fsp3) is 0.222. The maximum absolute atomic E-state index is 13.5. The van der Waals surface area contributed by atoms with Gasteiger partial charge in [0.25, 0.3) is 5.56 Å². The number of benzene rings is 3. The van der Waals surface area contributed by atoms with E-state index in [0.717, 1.165) is 36.3 Å². The summed E-state index contributed by atoms with van der Waals surface area (Å²) in [6.07, 6.45) is 4.12. The fourth-order valence-corrected chi connectivity index (χ4v) is 5.69. The smallest absolute Gasteiger partial charge is 0.282 e. The molecule has 0 atom stereocenters. The van der Waals surface area contributed by atoms with Crippen molar-refractivity contribution in [2.24, 2.45) is 5.10 Å². The Kier molecular flexibility index (Phi) is 9.61. The average Bonchev–Trinajstić information content (AvgIpc) is 2.87. The van der Waals surface area contributed by atoms with Gasteiger partial charge in [0.2, 0.25) is 0 Å². The number of fused-ring (bicyclic) bond motifs is 1. The first-order valence-electron chi connectivity index (χ1n) is 11.5. The van der Waals surface area contributed by atoms with E-state index in [0.29, 0.717) is 46.8 Å². The monoisotopic (exact) mass is 753 g/mol. The van der Waals surface area contributed by atoms with Gasteiger partial charge in [-0.2, -0.15) is 9.78 Å². The van der Waals surface area contributed by atoms with Crippen molar-refractivity contribution in [2.75, 3.05) is 7.11 Å². The standard InChI is InChI=1S/C27H23Br4N3O3/c1-3-4-5-25-33-23-9-8-18(28)11-21(23)27(35)34(25)32-14-17-10-20(30)13-24(36-2)26(17)37-15-16-6-7-19(29)12-22(16)31/h6-14H,3-5,15H2,1-2H3. The summed E-state index contributed by atoms with van der Waals surface area (Å²) in [6.45, 7) is 2.41. The first kappa shape index (κ1) is 28.0. The van der Waals surface area contributed by atoms with Crippen LogP contribution in [0.3, 0.4) is 0 Å². The number of methoxy groups -OCH3 is 1. The molecule has 0 saturated heterocycles. The highest BCUT2D eigenvalue weighted by molar-refractivity contribution is 9.11. The molecule has 0 radical (unpaired) electrons. The molecule has 0 bridgehead atoms. The van der Waals surface area contributed by atoms with Crippen LogP contribution in [0.2, 0.25) is 0 Å². The quantitative estimate of drug-likeness (QED) is 0.162. The Balaban J connectivity index is 1.77. The molecule has 1 heterocycles. The van der Waals surface area contributed by atoms with Gasteiger partial charge in [0.15, 0.2) is 11.5 Å². The predicted molar refractivity (Wildman–Crippen MR) is 162 cm³/mol. The van der Waals surface area contributed by atoms with E-state index in [1.54, 1.807) is 19.4 Å². The molecule has 37 heavy (non-hydrogen) atoms. The van der Waals surface area contributed by atoms with Crippen LogP contribution in [-0.4, -0.2) is 23.0 Å². The number of aromatic nitrogens is 2. The van der Waals surface area contributed by atoms with Gasteiger partial charge in [-0.1, -0.05) is 83.1 Å². The number of rotatable bonds is 9. The lowest BCUT2D eigenvalue weighted by atomic mass is 10.2. The number of nitrogens with zero attached hydrogens (tertiary/aromatic N) is 3. The number of ether oxygens (including phenoxy) is 2. The minimum absolute atomic E-state index is 0.225. The number of hydrogen-bond acceptors (Lipinski definition) is 5. The van der Waals surface area contributed by atoms with Crippen LogP contribution in [0.1, 0.15) is 36.7 Å². The molecule has 0 amide bonds. The van der Waals surface area contributed by atoms with Crippen LogP contribution in [-0.2, 0) is 13.0 Å². The summed E-state index contributed by atoms with van der Waals surface area (Å²) in [5.74, 6) is 1.67. The highest BCUT2D eigenvalue weighted by Gasteiger charge is 2.15. The molecule has 10 heteroatoms. The molecule has 0 fully saturated rings. The summed E-state index contributed by atoms with van der Waals surface area (Å²) >= 11 is 14.0. The van der Waals surface area contributed by atoms with Gasteiger partial charge in [-0.15, -0.1) is 0 Å². The lowest BCUT2D eigenvalue weighted by Gasteiger charge is -2.15. The number of halogens is 4. The second-order valence-corrected chi connectivity index (χ2v) is 11.8. The van der Waals surface area contributed by atoms with Gasteiger partial charge in [0, 0.05) is 35.4 Å². The van der Waals surface area contributed by atoms with Crippen LogP contribution in [0.25, 0.3) is 10.9 Å². The van der Waals surface area contributed by atoms with Gasteiger partial charge in [-0.05, 0) is 48.9 Å². The van der Waals surface area contributed by atoms with Gasteiger partial charge in [0.1, 0.15) is 12.4 Å². The zero-order valence-corrected chi connectivity index (χ0v) is 26.4. The largest absolute Gasteiger partial charge is 0.493 e. The molecule has 0 aliphatic carbocycles. The molecule has 6 nitrogen and oxygen atoms in total. The van der Waals surface area contributed by atoms with Crippen molar-refractivity contribution in [2.45, 2.75) is 32.8 Å². The third-order valence-electron chi connectivity index (χ3n) is 5.60. The molecule has 0 aliphatic heterocycles. The summed E-state index contributed by atoms with van der Waals surface area (Å²) in [5.41, 5.74) is 2.05. The molecule has 192 valence electrons. The van der Waals surface area contributed by atoms with E-state index in [1.807, 2.05) is 42.5 Å². The first-order valence-corrected chi connectivity index (χ1v) is 14.7. The molecule has 4 rings (SSSR count). The van der Waals surface area contributed by atoms with Gasteiger partial charge in [-0.3, -0.25) is 4.79 Å². The maximum atomic E-state index is 13.5. The van der Waals surface area contributed by atoms with E-state index >= 15 is 0 Å². The Morgan fingerprint density at radius 3 is 2.49 bits per heavy atom. The van der Waals surface area contributed by atoms with Crippen molar-refractivity contribution in [1.82, 2.24) is 9.66 Å². The van der Waals surface area contributed by atoms with Crippen LogP contribution in [0.4, 0.5) is 0 Å². The second-order valence-electron chi connectivity index (χ2n) is 8.21. The molecule has 0 spiro atoms. The Morgan fingerprint density at radius 1 is 1.00 bits per heavy atom. The number of aryl methyl sites for hydroxylation is 1. The van der Waals surface area contributed by atoms with Gasteiger partial charge >= 0.3 is 0 Å². The van der Waals surface area contributed by atoms with E-state index in [9.17, 15) is 4.79 Å². The molecule has 0 saturated carbocycles. The normalized spacial score (nSPS) is 11.4. The van der Waals surface area contributed by atoms with E-state index in [4.69, 9.17) is 14.5 Å². The molecule has 1 aromatic heterocycles. The third kappa shape index (κ3) is 6.71. The van der Waals surface area contributed by atoms with Crippen molar-refractivity contribution in [3.63, 3.8) is 0 Å². The SMILES string of the molecule is CCCCc1nc2ccc(Br)cc2c(=O)n1N=Cc1cc(Br)cc(OC)c1OCc1ccc(Br)cc1Br. The fourth-order valence-electron chi connectivity index (χ4n) is 3.71. The molecule has 4 aromatic rings. The molecule has 3 aromatic carbocycles. The summed E-state index contributed by atoms with van der Waals surface area (Å²) in [4.78, 5) is 18.2. The Morgan fingerprint density at radius 2 is 1.76 bits per heavy atom. The Hall–Kier alpha value is -2.01. The summed E-state index contributed by atoms with van der Waals surface area (Å²) in [6, 6.07) is 15.1. The van der Waals surface area contributed by atoms with Crippen LogP contribution in [0.15, 0.2) is 76.3 Å². The minimum atomic E-state index is -0.225. The van der Waals surface area contributed by atoms with Gasteiger partial charge in [-0.25, -0.2) is 4.98 Å². The topological polar surface area (TPSA) is 65.7 Å². The van der Waals surface area contributed by atoms with Gasteiger partial charge in [0.05, 0.1) is 24.2 Å². The Labute approximate surface area is 248 Å². The molecular weight excluding hydrogens is 734 g/mol. The lowest BCUT2D eigenvalue weighted by molar-refractivity contribution is 0.283.